The van der Waals surface area contributed by atoms with Crippen LogP contribution in [0.2, 0.25) is 36.3 Å². The number of hydrogen-bond acceptors (Lipinski definition) is 0. The quantitative estimate of drug-likeness (QED) is 0.0967. The average molecular weight is 916 g/mol. The Hall–Kier alpha value is -2.60. The van der Waals surface area contributed by atoms with Gasteiger partial charge in [-0.1, -0.05) is 76.9 Å². The SMILES string of the molecule is CC(C)(C)c1ccc2c(c1)[cH-]c1cc(C(C)(C)C)ccc12.CC[Si](CC)(CC)c1ccc([C](=[Hf+2])c2ccc([Si](CC)(CC)CC)cc2)cc1.[C-]1=CC=CC1. The molecule has 0 unspecified atom stereocenters. The van der Waals surface area contributed by atoms with Crippen LogP contribution in [0.5, 0.6) is 0 Å². The van der Waals surface area contributed by atoms with E-state index in [0.29, 0.717) is 0 Å². The second-order valence-electron chi connectivity index (χ2n) is 17.5. The molecule has 0 nitrogen and oxygen atoms in total. The van der Waals surface area contributed by atoms with E-state index in [4.69, 9.17) is 0 Å². The molecule has 1 aliphatic rings. The third kappa shape index (κ3) is 10.2. The van der Waals surface area contributed by atoms with Gasteiger partial charge >= 0.3 is 191 Å². The van der Waals surface area contributed by atoms with Crippen LogP contribution in [0.3, 0.4) is 0 Å². The van der Waals surface area contributed by atoms with Gasteiger partial charge in [0.1, 0.15) is 0 Å². The molecule has 0 N–H and O–H groups in total. The van der Waals surface area contributed by atoms with E-state index in [1.54, 1.807) is 10.4 Å². The van der Waals surface area contributed by atoms with E-state index < -0.39 is 16.1 Å². The Morgan fingerprint density at radius 1 is 0.574 bits per heavy atom. The van der Waals surface area contributed by atoms with Crippen molar-refractivity contribution in [2.45, 2.75) is 137 Å². The monoisotopic (exact) mass is 916 g/mol. The van der Waals surface area contributed by atoms with Crippen LogP contribution in [0.15, 0.2) is 109 Å². The molecule has 0 saturated heterocycles. The number of hydrogen-bond donors (Lipinski definition) is 0. The third-order valence-electron chi connectivity index (χ3n) is 12.7. The largest absolute Gasteiger partial charge is 0.273 e. The standard InChI is InChI=1S/C25H38Si2.C21H25.C5H5.Hf/c1-7-26(8-2,9-3)24-17-13-22(14-18-24)21-23-15-19-25(20-16-23)27(10-4,11-5)12-6;1-20(2,3)16-7-9-18-14(12-16)11-15-13-17(21(4,5)6)8-10-19(15)18;1-2-4-5-3-1;/h13-20H,7-12H2,1-6H3;7-13H,1-6H3;1-3H,4H2;/q;2*-1;+2. The molecule has 0 aromatic heterocycles. The fourth-order valence-corrected chi connectivity index (χ4v) is 16.6. The van der Waals surface area contributed by atoms with Crippen LogP contribution < -0.4 is 10.4 Å². The van der Waals surface area contributed by atoms with Gasteiger partial charge in [0.05, 0.1) is 0 Å². The smallest absolute Gasteiger partial charge is 0.109 e. The zero-order valence-electron chi connectivity index (χ0n) is 35.8. The summed E-state index contributed by atoms with van der Waals surface area (Å²) in [5.74, 6) is 0. The predicted molar refractivity (Wildman–Crippen MR) is 246 cm³/mol. The van der Waals surface area contributed by atoms with E-state index >= 15 is 0 Å². The summed E-state index contributed by atoms with van der Waals surface area (Å²) in [6.07, 6.45) is 10.0. The Kier molecular flexibility index (Phi) is 15.5. The summed E-state index contributed by atoms with van der Waals surface area (Å²) in [7, 11) is -2.53. The van der Waals surface area contributed by atoms with Crippen molar-refractivity contribution in [3.63, 3.8) is 0 Å². The Morgan fingerprint density at radius 3 is 1.20 bits per heavy atom. The molecule has 0 aliphatic heterocycles. The zero-order chi connectivity index (χ0) is 39.7. The number of rotatable bonds is 10. The van der Waals surface area contributed by atoms with E-state index in [1.807, 2.05) is 12.2 Å². The summed E-state index contributed by atoms with van der Waals surface area (Å²) in [5.41, 5.74) is 6.07. The topological polar surface area (TPSA) is 0 Å². The molecule has 54 heavy (non-hydrogen) atoms. The molecule has 5 aromatic carbocycles. The van der Waals surface area contributed by atoms with Gasteiger partial charge in [0.15, 0.2) is 0 Å². The average Bonchev–Trinajstić information content (AvgIpc) is 3.88. The molecule has 284 valence electrons. The Morgan fingerprint density at radius 2 is 0.944 bits per heavy atom. The second kappa shape index (κ2) is 19.0. The summed E-state index contributed by atoms with van der Waals surface area (Å²) in [5, 5.41) is 8.78. The van der Waals surface area contributed by atoms with Crippen molar-refractivity contribution in [3.8, 4) is 0 Å². The maximum Gasteiger partial charge on any atom is -0.109 e. The van der Waals surface area contributed by atoms with Gasteiger partial charge in [0.2, 0.25) is 0 Å². The predicted octanol–water partition coefficient (Wildman–Crippen LogP) is 13.8. The normalized spacial score (nSPS) is 13.1. The Bertz CT molecular complexity index is 1860. The van der Waals surface area contributed by atoms with Gasteiger partial charge in [-0.15, -0.1) is 46.2 Å². The molecule has 6 rings (SSSR count). The van der Waals surface area contributed by atoms with Crippen LogP contribution in [0.1, 0.15) is 112 Å². The maximum absolute atomic E-state index is 2.99. The van der Waals surface area contributed by atoms with Gasteiger partial charge in [-0.2, -0.15) is 6.08 Å². The molecular formula is C51H68HfSi2. The summed E-state index contributed by atoms with van der Waals surface area (Å²) in [6, 6.07) is 43.7. The van der Waals surface area contributed by atoms with Crippen molar-refractivity contribution in [2.24, 2.45) is 0 Å². The summed E-state index contributed by atoms with van der Waals surface area (Å²) in [4.78, 5) is 0. The van der Waals surface area contributed by atoms with Crippen LogP contribution in [-0.4, -0.2) is 19.4 Å². The van der Waals surface area contributed by atoms with Crippen LogP contribution in [0.25, 0.3) is 21.5 Å². The molecule has 0 saturated carbocycles. The van der Waals surface area contributed by atoms with E-state index in [2.05, 4.69) is 186 Å². The van der Waals surface area contributed by atoms with Crippen LogP contribution in [0.4, 0.5) is 0 Å². The Balaban J connectivity index is 0.000000218. The first kappa shape index (κ1) is 44.1. The van der Waals surface area contributed by atoms with Crippen molar-refractivity contribution in [3.05, 3.63) is 138 Å². The summed E-state index contributed by atoms with van der Waals surface area (Å²) >= 11 is 1.08. The first-order valence-corrected chi connectivity index (χ1v) is 27.8. The van der Waals surface area contributed by atoms with Crippen molar-refractivity contribution < 1.29 is 23.9 Å². The number of fused-ring (bicyclic) bond motifs is 3. The van der Waals surface area contributed by atoms with Crippen molar-refractivity contribution in [2.75, 3.05) is 0 Å². The van der Waals surface area contributed by atoms with Gasteiger partial charge in [-0.3, -0.25) is 6.08 Å². The van der Waals surface area contributed by atoms with Crippen molar-refractivity contribution in [1.82, 2.24) is 0 Å². The molecular weight excluding hydrogens is 847 g/mol. The summed E-state index contributed by atoms with van der Waals surface area (Å²) in [6.45, 7) is 28.0. The van der Waals surface area contributed by atoms with Crippen LogP contribution >= 0.6 is 0 Å². The van der Waals surface area contributed by atoms with Gasteiger partial charge in [-0.25, -0.2) is 12.2 Å². The minimum atomic E-state index is -1.27. The fourth-order valence-electron chi connectivity index (χ4n) is 8.17. The molecule has 0 radical (unpaired) electrons. The van der Waals surface area contributed by atoms with Gasteiger partial charge < -0.3 is 0 Å². The van der Waals surface area contributed by atoms with Crippen molar-refractivity contribution in [1.29, 1.82) is 0 Å². The van der Waals surface area contributed by atoms with E-state index in [9.17, 15) is 0 Å². The van der Waals surface area contributed by atoms with Gasteiger partial charge in [0, 0.05) is 0 Å². The molecule has 1 aliphatic carbocycles. The molecule has 3 heteroatoms. The van der Waals surface area contributed by atoms with Crippen LogP contribution in [-0.2, 0) is 34.7 Å². The summed E-state index contributed by atoms with van der Waals surface area (Å²) < 4.78 is 1.53. The number of benzene rings is 4. The van der Waals surface area contributed by atoms with E-state index in [-0.39, 0.29) is 10.8 Å². The van der Waals surface area contributed by atoms with Crippen LogP contribution in [0, 0.1) is 6.08 Å². The first-order chi connectivity index (χ1) is 25.6. The zero-order valence-corrected chi connectivity index (χ0v) is 41.4. The minimum absolute atomic E-state index is 0.203. The molecule has 0 spiro atoms. The minimum Gasteiger partial charge on any atom is -0.273 e. The van der Waals surface area contributed by atoms with Gasteiger partial charge in [0.25, 0.3) is 0 Å². The molecule has 0 bridgehead atoms. The molecule has 0 amide bonds. The fraction of sp³-hybridized carbons (Fsp3) is 0.412. The molecule has 0 atom stereocenters. The Labute approximate surface area is 347 Å². The van der Waals surface area contributed by atoms with Gasteiger partial charge in [-0.05, 0) is 10.8 Å². The molecule has 0 fully saturated rings. The van der Waals surface area contributed by atoms with E-state index in [1.165, 1.54) is 83.3 Å². The first-order valence-electron chi connectivity index (χ1n) is 20.8. The molecule has 5 aromatic rings. The third-order valence-corrected chi connectivity index (χ3v) is 26.0. The van der Waals surface area contributed by atoms with E-state index in [0.717, 1.165) is 30.3 Å². The molecule has 0 heterocycles. The van der Waals surface area contributed by atoms with Crippen molar-refractivity contribution >= 4 is 51.3 Å². The number of allylic oxidation sites excluding steroid dienone is 4. The maximum atomic E-state index is 2.99. The second-order valence-corrected chi connectivity index (χ2v) is 29.8.